The zero-order valence-electron chi connectivity index (χ0n) is 12.6. The summed E-state index contributed by atoms with van der Waals surface area (Å²) in [6.45, 7) is 10.7. The van der Waals surface area contributed by atoms with Crippen LogP contribution in [0.3, 0.4) is 0 Å². The van der Waals surface area contributed by atoms with Gasteiger partial charge in [0.2, 0.25) is 0 Å². The molecule has 2 unspecified atom stereocenters. The maximum absolute atomic E-state index is 11.7. The SMILES string of the molecule is Cc1ccccc1C(C(C)C)C1CC(=O)OC1(C)C. The van der Waals surface area contributed by atoms with E-state index >= 15 is 0 Å². The third-order valence-corrected chi connectivity index (χ3v) is 4.36. The van der Waals surface area contributed by atoms with Crippen LogP contribution in [0.2, 0.25) is 0 Å². The van der Waals surface area contributed by atoms with Crippen molar-refractivity contribution in [1.82, 2.24) is 0 Å². The van der Waals surface area contributed by atoms with Gasteiger partial charge in [-0.3, -0.25) is 4.79 Å². The Morgan fingerprint density at radius 1 is 1.26 bits per heavy atom. The molecule has 1 aliphatic rings. The molecule has 2 atom stereocenters. The summed E-state index contributed by atoms with van der Waals surface area (Å²) in [5, 5.41) is 0. The largest absolute Gasteiger partial charge is 0.459 e. The van der Waals surface area contributed by atoms with Crippen molar-refractivity contribution in [3.05, 3.63) is 35.4 Å². The van der Waals surface area contributed by atoms with Gasteiger partial charge in [-0.15, -0.1) is 0 Å². The number of ether oxygens (including phenoxy) is 1. The Kier molecular flexibility index (Phi) is 3.71. The summed E-state index contributed by atoms with van der Waals surface area (Å²) in [5.74, 6) is 1.04. The van der Waals surface area contributed by atoms with Crippen molar-refractivity contribution < 1.29 is 9.53 Å². The summed E-state index contributed by atoms with van der Waals surface area (Å²) in [6, 6.07) is 8.49. The zero-order valence-corrected chi connectivity index (χ0v) is 12.6. The lowest BCUT2D eigenvalue weighted by molar-refractivity contribution is -0.146. The van der Waals surface area contributed by atoms with E-state index < -0.39 is 0 Å². The molecule has 2 heteroatoms. The van der Waals surface area contributed by atoms with Crippen LogP contribution < -0.4 is 0 Å². The molecular formula is C17H24O2. The smallest absolute Gasteiger partial charge is 0.306 e. The molecule has 1 aliphatic heterocycles. The predicted octanol–water partition coefficient (Wildman–Crippen LogP) is 4.08. The summed E-state index contributed by atoms with van der Waals surface area (Å²) in [4.78, 5) is 11.7. The minimum atomic E-state index is -0.367. The van der Waals surface area contributed by atoms with Crippen molar-refractivity contribution in [1.29, 1.82) is 0 Å². The normalized spacial score (nSPS) is 23.5. The second-order valence-electron chi connectivity index (χ2n) is 6.51. The topological polar surface area (TPSA) is 26.3 Å². The number of carbonyl (C=O) groups excluding carboxylic acids is 1. The van der Waals surface area contributed by atoms with Gasteiger partial charge in [0.25, 0.3) is 0 Å². The predicted molar refractivity (Wildman–Crippen MR) is 77.0 cm³/mol. The van der Waals surface area contributed by atoms with Crippen LogP contribution >= 0.6 is 0 Å². The van der Waals surface area contributed by atoms with Gasteiger partial charge in [0.05, 0.1) is 6.42 Å². The standard InChI is InChI=1S/C17H24O2/c1-11(2)16(13-9-7-6-8-12(13)3)14-10-15(18)19-17(14,4)5/h6-9,11,14,16H,10H2,1-5H3. The van der Waals surface area contributed by atoms with E-state index in [-0.39, 0.29) is 17.5 Å². The number of hydrogen-bond acceptors (Lipinski definition) is 2. The van der Waals surface area contributed by atoms with Crippen LogP contribution in [-0.4, -0.2) is 11.6 Å². The van der Waals surface area contributed by atoms with Crippen molar-refractivity contribution in [3.8, 4) is 0 Å². The second kappa shape index (κ2) is 4.99. The van der Waals surface area contributed by atoms with Crippen LogP contribution in [0, 0.1) is 18.8 Å². The highest BCUT2D eigenvalue weighted by atomic mass is 16.6. The zero-order chi connectivity index (χ0) is 14.2. The Labute approximate surface area is 116 Å². The lowest BCUT2D eigenvalue weighted by Crippen LogP contribution is -2.34. The Balaban J connectivity index is 2.42. The van der Waals surface area contributed by atoms with Gasteiger partial charge in [-0.25, -0.2) is 0 Å². The average Bonchev–Trinajstić information content (AvgIpc) is 2.55. The highest BCUT2D eigenvalue weighted by molar-refractivity contribution is 5.73. The average molecular weight is 260 g/mol. The fraction of sp³-hybridized carbons (Fsp3) is 0.588. The molecule has 0 N–H and O–H groups in total. The number of hydrogen-bond donors (Lipinski definition) is 0. The number of carbonyl (C=O) groups is 1. The van der Waals surface area contributed by atoms with Gasteiger partial charge < -0.3 is 4.74 Å². The van der Waals surface area contributed by atoms with Crippen molar-refractivity contribution in [2.45, 2.75) is 52.6 Å². The first-order valence-electron chi connectivity index (χ1n) is 7.10. The van der Waals surface area contributed by atoms with Gasteiger partial charge in [-0.1, -0.05) is 38.1 Å². The molecule has 1 fully saturated rings. The molecule has 0 saturated carbocycles. The Morgan fingerprint density at radius 3 is 2.37 bits per heavy atom. The third-order valence-electron chi connectivity index (χ3n) is 4.36. The number of cyclic esters (lactones) is 1. The van der Waals surface area contributed by atoms with E-state index in [4.69, 9.17) is 4.74 Å². The number of benzene rings is 1. The quantitative estimate of drug-likeness (QED) is 0.766. The molecule has 1 aromatic rings. The molecule has 1 aromatic carbocycles. The highest BCUT2D eigenvalue weighted by Crippen LogP contribution is 2.46. The first-order chi connectivity index (χ1) is 8.83. The Morgan fingerprint density at radius 2 is 1.89 bits per heavy atom. The second-order valence-corrected chi connectivity index (χ2v) is 6.51. The molecule has 0 aromatic heterocycles. The fourth-order valence-electron chi connectivity index (χ4n) is 3.40. The maximum Gasteiger partial charge on any atom is 0.306 e. The van der Waals surface area contributed by atoms with E-state index in [2.05, 4.69) is 45.0 Å². The van der Waals surface area contributed by atoms with Gasteiger partial charge in [-0.05, 0) is 43.7 Å². The molecule has 19 heavy (non-hydrogen) atoms. The molecule has 1 saturated heterocycles. The molecule has 0 spiro atoms. The number of rotatable bonds is 3. The molecule has 2 rings (SSSR count). The van der Waals surface area contributed by atoms with Gasteiger partial charge in [-0.2, -0.15) is 0 Å². The van der Waals surface area contributed by atoms with E-state index in [1.165, 1.54) is 11.1 Å². The van der Waals surface area contributed by atoms with Crippen LogP contribution in [0.5, 0.6) is 0 Å². The van der Waals surface area contributed by atoms with Crippen molar-refractivity contribution in [3.63, 3.8) is 0 Å². The highest BCUT2D eigenvalue weighted by Gasteiger charge is 2.47. The summed E-state index contributed by atoms with van der Waals surface area (Å²) < 4.78 is 5.51. The van der Waals surface area contributed by atoms with Crippen LogP contribution in [0.4, 0.5) is 0 Å². The molecule has 0 amide bonds. The van der Waals surface area contributed by atoms with Gasteiger partial charge in [0.1, 0.15) is 5.60 Å². The van der Waals surface area contributed by atoms with Crippen LogP contribution in [0.1, 0.15) is 51.2 Å². The van der Waals surface area contributed by atoms with Gasteiger partial charge >= 0.3 is 5.97 Å². The van der Waals surface area contributed by atoms with Gasteiger partial charge in [0, 0.05) is 5.92 Å². The fourth-order valence-corrected chi connectivity index (χ4v) is 3.40. The van der Waals surface area contributed by atoms with Gasteiger partial charge in [0.15, 0.2) is 0 Å². The van der Waals surface area contributed by atoms with Crippen LogP contribution in [-0.2, 0) is 9.53 Å². The third kappa shape index (κ3) is 2.68. The number of aryl methyl sites for hydroxylation is 1. The van der Waals surface area contributed by atoms with Crippen LogP contribution in [0.15, 0.2) is 24.3 Å². The monoisotopic (exact) mass is 260 g/mol. The maximum atomic E-state index is 11.7. The minimum absolute atomic E-state index is 0.0609. The Bertz CT molecular complexity index is 474. The van der Waals surface area contributed by atoms with Crippen molar-refractivity contribution in [2.75, 3.05) is 0 Å². The molecule has 2 nitrogen and oxygen atoms in total. The summed E-state index contributed by atoms with van der Waals surface area (Å²) in [7, 11) is 0. The molecular weight excluding hydrogens is 236 g/mol. The van der Waals surface area contributed by atoms with Crippen molar-refractivity contribution >= 4 is 5.97 Å². The molecule has 1 heterocycles. The molecule has 0 radical (unpaired) electrons. The van der Waals surface area contributed by atoms with E-state index in [1.54, 1.807) is 0 Å². The molecule has 0 bridgehead atoms. The van der Waals surface area contributed by atoms with E-state index in [0.717, 1.165) is 0 Å². The van der Waals surface area contributed by atoms with E-state index in [1.807, 2.05) is 13.8 Å². The van der Waals surface area contributed by atoms with E-state index in [0.29, 0.717) is 18.3 Å². The summed E-state index contributed by atoms with van der Waals surface area (Å²) in [5.41, 5.74) is 2.29. The summed E-state index contributed by atoms with van der Waals surface area (Å²) >= 11 is 0. The summed E-state index contributed by atoms with van der Waals surface area (Å²) in [6.07, 6.45) is 0.532. The van der Waals surface area contributed by atoms with Crippen molar-refractivity contribution in [2.24, 2.45) is 11.8 Å². The minimum Gasteiger partial charge on any atom is -0.459 e. The molecule has 0 aliphatic carbocycles. The van der Waals surface area contributed by atoms with E-state index in [9.17, 15) is 4.79 Å². The lowest BCUT2D eigenvalue weighted by atomic mass is 9.70. The first kappa shape index (κ1) is 14.1. The Hall–Kier alpha value is -1.31. The van der Waals surface area contributed by atoms with Crippen LogP contribution in [0.25, 0.3) is 0 Å². The first-order valence-corrected chi connectivity index (χ1v) is 7.10. The lowest BCUT2D eigenvalue weighted by Gasteiger charge is -2.35. The molecule has 104 valence electrons. The number of esters is 1.